The van der Waals surface area contributed by atoms with Gasteiger partial charge >= 0.3 is 0 Å². The van der Waals surface area contributed by atoms with Crippen LogP contribution >= 0.6 is 0 Å². The van der Waals surface area contributed by atoms with Crippen molar-refractivity contribution in [1.29, 1.82) is 0 Å². The second-order valence-corrected chi connectivity index (χ2v) is 12.0. The molecule has 0 aromatic heterocycles. The molecule has 37 heavy (non-hydrogen) atoms. The first-order chi connectivity index (χ1) is 17.8. The molecule has 0 spiro atoms. The first kappa shape index (κ1) is 25.7. The van der Waals surface area contributed by atoms with Crippen molar-refractivity contribution >= 4 is 15.5 Å². The van der Waals surface area contributed by atoms with Crippen molar-refractivity contribution in [2.75, 3.05) is 44.7 Å². The van der Waals surface area contributed by atoms with E-state index in [1.54, 1.807) is 12.1 Å². The third-order valence-corrected chi connectivity index (χ3v) is 9.52. The van der Waals surface area contributed by atoms with Crippen molar-refractivity contribution < 1.29 is 17.5 Å². The van der Waals surface area contributed by atoms with E-state index in [-0.39, 0.29) is 15.6 Å². The summed E-state index contributed by atoms with van der Waals surface area (Å²) in [5, 5.41) is 0. The minimum absolute atomic E-state index is 0.205. The van der Waals surface area contributed by atoms with Gasteiger partial charge in [0.25, 0.3) is 0 Å². The third kappa shape index (κ3) is 5.53. The van der Waals surface area contributed by atoms with Crippen LogP contribution in [0.4, 0.5) is 10.1 Å². The predicted molar refractivity (Wildman–Crippen MR) is 145 cm³/mol. The van der Waals surface area contributed by atoms with Gasteiger partial charge in [-0.1, -0.05) is 12.1 Å². The maximum Gasteiger partial charge on any atom is 0.210 e. The number of rotatable bonds is 6. The number of ether oxygens (including phenoxy) is 1. The van der Waals surface area contributed by atoms with Crippen LogP contribution in [0.15, 0.2) is 70.5 Å². The van der Waals surface area contributed by atoms with Gasteiger partial charge in [-0.3, -0.25) is 0 Å². The molecular formula is C30H35FN2O3S. The van der Waals surface area contributed by atoms with Gasteiger partial charge in [0, 0.05) is 31.9 Å². The highest BCUT2D eigenvalue weighted by molar-refractivity contribution is 7.91. The SMILES string of the molecule is CCOc1cc2c(cc1S(=O)(=O)c1ccc(N3CCC(c4ccc(F)cc4)CC3)cc1)CCN(C)CC2. The van der Waals surface area contributed by atoms with Crippen molar-refractivity contribution in [3.8, 4) is 5.75 Å². The van der Waals surface area contributed by atoms with E-state index in [2.05, 4.69) is 16.8 Å². The topological polar surface area (TPSA) is 49.9 Å². The van der Waals surface area contributed by atoms with Crippen LogP contribution < -0.4 is 9.64 Å². The minimum Gasteiger partial charge on any atom is -0.492 e. The molecule has 3 aromatic rings. The van der Waals surface area contributed by atoms with Gasteiger partial charge < -0.3 is 14.5 Å². The Labute approximate surface area is 219 Å². The summed E-state index contributed by atoms with van der Waals surface area (Å²) < 4.78 is 46.6. The summed E-state index contributed by atoms with van der Waals surface area (Å²) >= 11 is 0. The maximum atomic E-state index is 13.7. The fraction of sp³-hybridized carbons (Fsp3) is 0.400. The average Bonchev–Trinajstić information content (AvgIpc) is 3.10. The fourth-order valence-electron chi connectivity index (χ4n) is 5.49. The van der Waals surface area contributed by atoms with E-state index < -0.39 is 9.84 Å². The van der Waals surface area contributed by atoms with Crippen LogP contribution in [-0.4, -0.2) is 53.2 Å². The molecule has 1 fully saturated rings. The summed E-state index contributed by atoms with van der Waals surface area (Å²) in [6.45, 7) is 5.90. The Morgan fingerprint density at radius 2 is 1.51 bits per heavy atom. The number of likely N-dealkylation sites (N-methyl/N-ethyl adjacent to an activating group) is 1. The lowest BCUT2D eigenvalue weighted by Crippen LogP contribution is -2.32. The summed E-state index contributed by atoms with van der Waals surface area (Å²) in [5.41, 5.74) is 4.46. The molecule has 2 heterocycles. The van der Waals surface area contributed by atoms with E-state index in [1.165, 1.54) is 23.3 Å². The Hall–Kier alpha value is -2.90. The smallest absolute Gasteiger partial charge is 0.210 e. The highest BCUT2D eigenvalue weighted by atomic mass is 32.2. The number of hydrogen-bond acceptors (Lipinski definition) is 5. The van der Waals surface area contributed by atoms with Crippen molar-refractivity contribution in [2.45, 2.75) is 48.3 Å². The molecule has 1 saturated heterocycles. The summed E-state index contributed by atoms with van der Waals surface area (Å²) in [4.78, 5) is 5.10. The lowest BCUT2D eigenvalue weighted by molar-refractivity contribution is 0.330. The Kier molecular flexibility index (Phi) is 7.54. The number of anilines is 1. The van der Waals surface area contributed by atoms with Gasteiger partial charge in [0.2, 0.25) is 9.84 Å². The van der Waals surface area contributed by atoms with E-state index in [9.17, 15) is 12.8 Å². The van der Waals surface area contributed by atoms with E-state index in [0.29, 0.717) is 18.3 Å². The third-order valence-electron chi connectivity index (χ3n) is 7.73. The van der Waals surface area contributed by atoms with Crippen molar-refractivity contribution in [1.82, 2.24) is 4.90 Å². The molecule has 196 valence electrons. The monoisotopic (exact) mass is 522 g/mol. The van der Waals surface area contributed by atoms with Gasteiger partial charge in [-0.15, -0.1) is 0 Å². The number of nitrogens with zero attached hydrogens (tertiary/aromatic N) is 2. The molecule has 5 rings (SSSR count). The van der Waals surface area contributed by atoms with E-state index in [4.69, 9.17) is 4.74 Å². The Bertz CT molecular complexity index is 1330. The average molecular weight is 523 g/mol. The van der Waals surface area contributed by atoms with E-state index >= 15 is 0 Å². The summed E-state index contributed by atoms with van der Waals surface area (Å²) in [6, 6.07) is 17.8. The normalized spacial score (nSPS) is 17.3. The van der Waals surface area contributed by atoms with Gasteiger partial charge in [0.05, 0.1) is 11.5 Å². The molecule has 0 atom stereocenters. The number of hydrogen-bond donors (Lipinski definition) is 0. The predicted octanol–water partition coefficient (Wildman–Crippen LogP) is 5.47. The van der Waals surface area contributed by atoms with Crippen molar-refractivity contribution in [3.05, 3.63) is 83.2 Å². The second kappa shape index (κ2) is 10.8. The highest BCUT2D eigenvalue weighted by Gasteiger charge is 2.26. The molecule has 0 saturated carbocycles. The number of piperidine rings is 1. The molecule has 0 bridgehead atoms. The van der Waals surface area contributed by atoms with Crippen molar-refractivity contribution in [3.63, 3.8) is 0 Å². The molecular weight excluding hydrogens is 487 g/mol. The zero-order chi connectivity index (χ0) is 26.0. The largest absolute Gasteiger partial charge is 0.492 e. The van der Waals surface area contributed by atoms with Crippen LogP contribution in [0.5, 0.6) is 5.75 Å². The molecule has 2 aliphatic rings. The maximum absolute atomic E-state index is 13.7. The van der Waals surface area contributed by atoms with E-state index in [1.807, 2.05) is 43.3 Å². The Morgan fingerprint density at radius 1 is 0.892 bits per heavy atom. The molecule has 3 aromatic carbocycles. The summed E-state index contributed by atoms with van der Waals surface area (Å²) in [7, 11) is -1.64. The van der Waals surface area contributed by atoms with Crippen LogP contribution in [0.1, 0.15) is 42.4 Å². The van der Waals surface area contributed by atoms with E-state index in [0.717, 1.165) is 63.1 Å². The first-order valence-electron chi connectivity index (χ1n) is 13.2. The molecule has 0 amide bonds. The molecule has 2 aliphatic heterocycles. The molecule has 0 N–H and O–H groups in total. The standard InChI is InChI=1S/C30H35FN2O3S/c1-3-36-29-20-24-12-16-32(2)17-13-25(24)21-30(29)37(34,35)28-10-8-27(9-11-28)33-18-14-23(15-19-33)22-4-6-26(31)7-5-22/h4-11,20-21,23H,3,12-19H2,1-2H3. The van der Waals surface area contributed by atoms with Crippen LogP contribution in [0.2, 0.25) is 0 Å². The molecule has 5 nitrogen and oxygen atoms in total. The zero-order valence-corrected chi connectivity index (χ0v) is 22.4. The molecule has 7 heteroatoms. The lowest BCUT2D eigenvalue weighted by Gasteiger charge is -2.34. The number of sulfone groups is 1. The number of benzene rings is 3. The first-order valence-corrected chi connectivity index (χ1v) is 14.7. The number of halogens is 1. The number of fused-ring (bicyclic) bond motifs is 1. The molecule has 0 radical (unpaired) electrons. The fourth-order valence-corrected chi connectivity index (χ4v) is 6.92. The molecule has 0 unspecified atom stereocenters. The highest BCUT2D eigenvalue weighted by Crippen LogP contribution is 2.35. The van der Waals surface area contributed by atoms with Gasteiger partial charge in [-0.25, -0.2) is 12.8 Å². The van der Waals surface area contributed by atoms with Gasteiger partial charge in [0.1, 0.15) is 16.5 Å². The minimum atomic E-state index is -3.73. The second-order valence-electron chi connectivity index (χ2n) is 10.1. The van der Waals surface area contributed by atoms with Gasteiger partial charge in [0.15, 0.2) is 0 Å². The van der Waals surface area contributed by atoms with Gasteiger partial charge in [-0.05, 0) is 111 Å². The van der Waals surface area contributed by atoms with Crippen LogP contribution in [0.3, 0.4) is 0 Å². The van der Waals surface area contributed by atoms with Crippen LogP contribution in [0.25, 0.3) is 0 Å². The molecule has 0 aliphatic carbocycles. The van der Waals surface area contributed by atoms with Crippen LogP contribution in [0, 0.1) is 5.82 Å². The summed E-state index contributed by atoms with van der Waals surface area (Å²) in [6.07, 6.45) is 3.67. The van der Waals surface area contributed by atoms with Crippen LogP contribution in [-0.2, 0) is 22.7 Å². The summed E-state index contributed by atoms with van der Waals surface area (Å²) in [5.74, 6) is 0.655. The van der Waals surface area contributed by atoms with Crippen molar-refractivity contribution in [2.24, 2.45) is 0 Å². The lowest BCUT2D eigenvalue weighted by atomic mass is 9.89. The van der Waals surface area contributed by atoms with Gasteiger partial charge in [-0.2, -0.15) is 0 Å². The Balaban J connectivity index is 1.34. The Morgan fingerprint density at radius 3 is 2.14 bits per heavy atom. The zero-order valence-electron chi connectivity index (χ0n) is 21.6. The quantitative estimate of drug-likeness (QED) is 0.430.